The molecule has 2 heterocycles. The minimum absolute atomic E-state index is 0.0544. The highest BCUT2D eigenvalue weighted by atomic mass is 35.5. The van der Waals surface area contributed by atoms with Crippen LogP contribution in [0.4, 0.5) is 11.6 Å². The van der Waals surface area contributed by atoms with Crippen molar-refractivity contribution in [2.45, 2.75) is 0 Å². The van der Waals surface area contributed by atoms with Gasteiger partial charge in [-0.3, -0.25) is 0 Å². The van der Waals surface area contributed by atoms with Crippen LogP contribution >= 0.6 is 23.2 Å². The highest BCUT2D eigenvalue weighted by Crippen LogP contribution is 2.24. The fraction of sp³-hybridized carbons (Fsp3) is 0. The molecule has 0 aliphatic rings. The second-order valence-corrected chi connectivity index (χ2v) is 4.24. The van der Waals surface area contributed by atoms with E-state index in [1.807, 2.05) is 30.5 Å². The van der Waals surface area contributed by atoms with Crippen LogP contribution in [0.2, 0.25) is 10.6 Å². The summed E-state index contributed by atoms with van der Waals surface area (Å²) >= 11 is 11.4. The van der Waals surface area contributed by atoms with Crippen molar-refractivity contribution in [2.24, 2.45) is 0 Å². The zero-order valence-electron chi connectivity index (χ0n) is 8.98. The molecule has 0 aliphatic heterocycles. The molecule has 90 valence electrons. The van der Waals surface area contributed by atoms with Crippen molar-refractivity contribution in [3.63, 3.8) is 0 Å². The number of halogens is 2. The maximum atomic E-state index is 5.72. The summed E-state index contributed by atoms with van der Waals surface area (Å²) in [5.41, 5.74) is 1.89. The van der Waals surface area contributed by atoms with Crippen molar-refractivity contribution in [3.05, 3.63) is 41.0 Å². The first-order chi connectivity index (χ1) is 8.72. The van der Waals surface area contributed by atoms with Gasteiger partial charge in [-0.2, -0.15) is 15.0 Å². The summed E-state index contributed by atoms with van der Waals surface area (Å²) in [6.07, 6.45) is 1.86. The number of aromatic nitrogens is 4. The molecular formula is C11H7Cl2N5. The van der Waals surface area contributed by atoms with Crippen LogP contribution in [0.3, 0.4) is 0 Å². The molecule has 0 saturated carbocycles. The minimum atomic E-state index is 0.0544. The Hall–Kier alpha value is -1.85. The van der Waals surface area contributed by atoms with Crippen LogP contribution in [0.1, 0.15) is 0 Å². The molecular weight excluding hydrogens is 273 g/mol. The van der Waals surface area contributed by atoms with E-state index in [-0.39, 0.29) is 10.6 Å². The quantitative estimate of drug-likeness (QED) is 0.755. The van der Waals surface area contributed by atoms with Gasteiger partial charge in [-0.1, -0.05) is 6.07 Å². The standard InChI is InChI=1S/C11H7Cl2N5/c12-9-16-10(13)18-11(17-9)15-8-3-1-2-7-6(8)4-5-14-7/h1-5,14H,(H,15,16,17,18). The summed E-state index contributed by atoms with van der Waals surface area (Å²) in [5.74, 6) is 0.314. The van der Waals surface area contributed by atoms with Crippen LogP contribution in [0.15, 0.2) is 30.5 Å². The molecule has 7 heteroatoms. The lowest BCUT2D eigenvalue weighted by Crippen LogP contribution is -1.99. The van der Waals surface area contributed by atoms with Gasteiger partial charge in [0.05, 0.1) is 5.69 Å². The van der Waals surface area contributed by atoms with Gasteiger partial charge in [0.25, 0.3) is 0 Å². The van der Waals surface area contributed by atoms with E-state index in [0.29, 0.717) is 5.95 Å². The molecule has 0 saturated heterocycles. The van der Waals surface area contributed by atoms with Gasteiger partial charge in [0.2, 0.25) is 16.5 Å². The van der Waals surface area contributed by atoms with E-state index in [0.717, 1.165) is 16.6 Å². The molecule has 0 bridgehead atoms. The van der Waals surface area contributed by atoms with Crippen molar-refractivity contribution < 1.29 is 0 Å². The number of anilines is 2. The molecule has 0 spiro atoms. The second kappa shape index (κ2) is 4.44. The molecule has 2 aromatic heterocycles. The van der Waals surface area contributed by atoms with E-state index in [9.17, 15) is 0 Å². The van der Waals surface area contributed by atoms with E-state index in [4.69, 9.17) is 23.2 Å². The summed E-state index contributed by atoms with van der Waals surface area (Å²) in [4.78, 5) is 14.7. The number of benzene rings is 1. The van der Waals surface area contributed by atoms with Crippen LogP contribution in [-0.4, -0.2) is 19.9 Å². The molecule has 0 unspecified atom stereocenters. The first-order valence-corrected chi connectivity index (χ1v) is 5.88. The normalized spacial score (nSPS) is 10.8. The summed E-state index contributed by atoms with van der Waals surface area (Å²) in [6, 6.07) is 7.78. The Balaban J connectivity index is 2.03. The highest BCUT2D eigenvalue weighted by Gasteiger charge is 2.06. The number of aromatic amines is 1. The Morgan fingerprint density at radius 1 is 1.00 bits per heavy atom. The fourth-order valence-corrected chi connectivity index (χ4v) is 2.06. The van der Waals surface area contributed by atoms with E-state index < -0.39 is 0 Å². The molecule has 0 aliphatic carbocycles. The zero-order chi connectivity index (χ0) is 12.5. The van der Waals surface area contributed by atoms with E-state index in [1.54, 1.807) is 0 Å². The van der Waals surface area contributed by atoms with Crippen molar-refractivity contribution in [2.75, 3.05) is 5.32 Å². The van der Waals surface area contributed by atoms with E-state index in [2.05, 4.69) is 25.3 Å². The SMILES string of the molecule is Clc1nc(Cl)nc(Nc2cccc3[nH]ccc23)n1. The molecule has 2 N–H and O–H groups in total. The topological polar surface area (TPSA) is 66.5 Å². The van der Waals surface area contributed by atoms with Crippen LogP contribution in [0.5, 0.6) is 0 Å². The summed E-state index contributed by atoms with van der Waals surface area (Å²) in [7, 11) is 0. The van der Waals surface area contributed by atoms with Crippen LogP contribution in [0.25, 0.3) is 10.9 Å². The minimum Gasteiger partial charge on any atom is -0.361 e. The lowest BCUT2D eigenvalue weighted by atomic mass is 10.2. The largest absolute Gasteiger partial charge is 0.361 e. The van der Waals surface area contributed by atoms with Gasteiger partial charge in [0.1, 0.15) is 0 Å². The summed E-state index contributed by atoms with van der Waals surface area (Å²) in [6.45, 7) is 0. The first kappa shape index (κ1) is 11.3. The molecule has 0 atom stereocenters. The lowest BCUT2D eigenvalue weighted by molar-refractivity contribution is 1.05. The number of fused-ring (bicyclic) bond motifs is 1. The third-order valence-electron chi connectivity index (χ3n) is 2.42. The molecule has 1 aromatic carbocycles. The molecule has 3 aromatic rings. The second-order valence-electron chi connectivity index (χ2n) is 3.57. The predicted molar refractivity (Wildman–Crippen MR) is 71.4 cm³/mol. The fourth-order valence-electron chi connectivity index (χ4n) is 1.70. The highest BCUT2D eigenvalue weighted by molar-refractivity contribution is 6.31. The van der Waals surface area contributed by atoms with Gasteiger partial charge >= 0.3 is 0 Å². The van der Waals surface area contributed by atoms with Gasteiger partial charge in [0, 0.05) is 17.1 Å². The maximum absolute atomic E-state index is 5.72. The van der Waals surface area contributed by atoms with Crippen molar-refractivity contribution in [3.8, 4) is 0 Å². The predicted octanol–water partition coefficient (Wildman–Crippen LogP) is 3.40. The Morgan fingerprint density at radius 2 is 1.78 bits per heavy atom. The van der Waals surface area contributed by atoms with Gasteiger partial charge < -0.3 is 10.3 Å². The molecule has 5 nitrogen and oxygen atoms in total. The third kappa shape index (κ3) is 2.10. The van der Waals surface area contributed by atoms with Crippen LogP contribution < -0.4 is 5.32 Å². The van der Waals surface area contributed by atoms with E-state index in [1.165, 1.54) is 0 Å². The van der Waals surface area contributed by atoms with Gasteiger partial charge in [-0.25, -0.2) is 0 Å². The van der Waals surface area contributed by atoms with Crippen molar-refractivity contribution in [1.29, 1.82) is 0 Å². The van der Waals surface area contributed by atoms with Crippen molar-refractivity contribution >= 4 is 45.7 Å². The van der Waals surface area contributed by atoms with Crippen molar-refractivity contribution in [1.82, 2.24) is 19.9 Å². The van der Waals surface area contributed by atoms with Gasteiger partial charge in [-0.05, 0) is 41.4 Å². The summed E-state index contributed by atoms with van der Waals surface area (Å²) < 4.78 is 0. The Labute approximate surface area is 112 Å². The van der Waals surface area contributed by atoms with Crippen LogP contribution in [0, 0.1) is 0 Å². The molecule has 0 radical (unpaired) electrons. The number of rotatable bonds is 2. The number of hydrogen-bond donors (Lipinski definition) is 2. The monoisotopic (exact) mass is 279 g/mol. The maximum Gasteiger partial charge on any atom is 0.232 e. The lowest BCUT2D eigenvalue weighted by Gasteiger charge is -2.06. The molecule has 3 rings (SSSR count). The summed E-state index contributed by atoms with van der Waals surface area (Å²) in [5, 5.41) is 4.20. The van der Waals surface area contributed by atoms with Crippen LogP contribution in [-0.2, 0) is 0 Å². The average molecular weight is 280 g/mol. The molecule has 0 fully saturated rings. The Bertz CT molecular complexity index is 689. The third-order valence-corrected chi connectivity index (χ3v) is 2.76. The Morgan fingerprint density at radius 3 is 2.56 bits per heavy atom. The number of nitrogens with one attached hydrogen (secondary N) is 2. The van der Waals surface area contributed by atoms with Gasteiger partial charge in [0.15, 0.2) is 0 Å². The van der Waals surface area contributed by atoms with Gasteiger partial charge in [-0.15, -0.1) is 0 Å². The molecule has 0 amide bonds. The number of H-pyrrole nitrogens is 1. The number of hydrogen-bond acceptors (Lipinski definition) is 4. The molecule has 18 heavy (non-hydrogen) atoms. The Kier molecular flexibility index (Phi) is 2.77. The average Bonchev–Trinajstić information content (AvgIpc) is 2.76. The number of nitrogens with zero attached hydrogens (tertiary/aromatic N) is 3. The zero-order valence-corrected chi connectivity index (χ0v) is 10.5. The van der Waals surface area contributed by atoms with E-state index >= 15 is 0 Å². The first-order valence-electron chi connectivity index (χ1n) is 5.12. The smallest absolute Gasteiger partial charge is 0.232 e.